The van der Waals surface area contributed by atoms with Gasteiger partial charge in [0.05, 0.1) is 19.4 Å². The summed E-state index contributed by atoms with van der Waals surface area (Å²) in [6, 6.07) is 6.08. The van der Waals surface area contributed by atoms with Crippen molar-refractivity contribution >= 4 is 0 Å². The molecule has 0 spiro atoms. The maximum absolute atomic E-state index is 5.82. The van der Waals surface area contributed by atoms with E-state index >= 15 is 0 Å². The SMILES string of the molecule is Cn1cc(CCNCc2cccc3c2OCCCO3)cn1. The molecule has 3 rings (SSSR count). The van der Waals surface area contributed by atoms with Gasteiger partial charge in [-0.25, -0.2) is 0 Å². The van der Waals surface area contributed by atoms with E-state index in [-0.39, 0.29) is 0 Å². The Bertz CT molecular complexity index is 595. The van der Waals surface area contributed by atoms with Crippen LogP contribution in [0.2, 0.25) is 0 Å². The van der Waals surface area contributed by atoms with Crippen molar-refractivity contribution in [1.29, 1.82) is 0 Å². The fourth-order valence-electron chi connectivity index (χ4n) is 2.45. The summed E-state index contributed by atoms with van der Waals surface area (Å²) >= 11 is 0. The van der Waals surface area contributed by atoms with Crippen molar-refractivity contribution in [1.82, 2.24) is 15.1 Å². The summed E-state index contributed by atoms with van der Waals surface area (Å²) in [6.45, 7) is 3.15. The zero-order valence-corrected chi connectivity index (χ0v) is 12.3. The first-order chi connectivity index (χ1) is 10.3. The van der Waals surface area contributed by atoms with Crippen LogP contribution in [0.15, 0.2) is 30.6 Å². The molecule has 2 aromatic rings. The molecule has 112 valence electrons. The number of hydrogen-bond acceptors (Lipinski definition) is 4. The van der Waals surface area contributed by atoms with Gasteiger partial charge in [-0.1, -0.05) is 12.1 Å². The smallest absolute Gasteiger partial charge is 0.165 e. The lowest BCUT2D eigenvalue weighted by molar-refractivity contribution is 0.296. The summed E-state index contributed by atoms with van der Waals surface area (Å²) < 4.78 is 13.4. The highest BCUT2D eigenvalue weighted by Crippen LogP contribution is 2.33. The van der Waals surface area contributed by atoms with Crippen molar-refractivity contribution in [3.8, 4) is 11.5 Å². The van der Waals surface area contributed by atoms with Crippen LogP contribution >= 0.6 is 0 Å². The van der Waals surface area contributed by atoms with Crippen LogP contribution in [0.25, 0.3) is 0 Å². The Labute approximate surface area is 124 Å². The van der Waals surface area contributed by atoms with Crippen LogP contribution in [0.1, 0.15) is 17.5 Å². The molecule has 1 aromatic heterocycles. The number of rotatable bonds is 5. The second-order valence-corrected chi connectivity index (χ2v) is 5.24. The van der Waals surface area contributed by atoms with Crippen molar-refractivity contribution in [2.45, 2.75) is 19.4 Å². The average Bonchev–Trinajstić information content (AvgIpc) is 2.75. The maximum Gasteiger partial charge on any atom is 0.165 e. The number of ether oxygens (including phenoxy) is 2. The number of fused-ring (bicyclic) bond motifs is 1. The molecule has 0 aliphatic carbocycles. The van der Waals surface area contributed by atoms with Crippen LogP contribution in [0, 0.1) is 0 Å². The lowest BCUT2D eigenvalue weighted by Gasteiger charge is -2.12. The van der Waals surface area contributed by atoms with Gasteiger partial charge in [-0.15, -0.1) is 0 Å². The van der Waals surface area contributed by atoms with Gasteiger partial charge in [-0.2, -0.15) is 5.10 Å². The molecule has 0 bridgehead atoms. The zero-order chi connectivity index (χ0) is 14.5. The van der Waals surface area contributed by atoms with Gasteiger partial charge in [0, 0.05) is 31.8 Å². The maximum atomic E-state index is 5.82. The summed E-state index contributed by atoms with van der Waals surface area (Å²) in [5.74, 6) is 1.75. The van der Waals surface area contributed by atoms with Crippen LogP contribution in [-0.2, 0) is 20.0 Å². The molecule has 1 aliphatic heterocycles. The van der Waals surface area contributed by atoms with Gasteiger partial charge in [0.15, 0.2) is 11.5 Å². The molecule has 5 nitrogen and oxygen atoms in total. The van der Waals surface area contributed by atoms with Crippen LogP contribution in [0.4, 0.5) is 0 Å². The van der Waals surface area contributed by atoms with Gasteiger partial charge < -0.3 is 14.8 Å². The van der Waals surface area contributed by atoms with Crippen LogP contribution in [0.5, 0.6) is 11.5 Å². The highest BCUT2D eigenvalue weighted by Gasteiger charge is 2.13. The summed E-state index contributed by atoms with van der Waals surface area (Å²) in [5, 5.41) is 7.63. The topological polar surface area (TPSA) is 48.3 Å². The van der Waals surface area contributed by atoms with E-state index in [1.165, 1.54) is 5.56 Å². The molecule has 5 heteroatoms. The molecule has 1 aromatic carbocycles. The molecule has 0 amide bonds. The largest absolute Gasteiger partial charge is 0.490 e. The minimum atomic E-state index is 0.722. The second kappa shape index (κ2) is 6.63. The van der Waals surface area contributed by atoms with Crippen molar-refractivity contribution in [3.05, 3.63) is 41.7 Å². The van der Waals surface area contributed by atoms with E-state index in [0.717, 1.165) is 56.2 Å². The third kappa shape index (κ3) is 3.55. The van der Waals surface area contributed by atoms with Crippen LogP contribution in [0.3, 0.4) is 0 Å². The predicted molar refractivity (Wildman–Crippen MR) is 80.7 cm³/mol. The van der Waals surface area contributed by atoms with E-state index in [9.17, 15) is 0 Å². The number of benzene rings is 1. The molecule has 1 N–H and O–H groups in total. The van der Waals surface area contributed by atoms with Gasteiger partial charge in [0.2, 0.25) is 0 Å². The molecule has 0 atom stereocenters. The van der Waals surface area contributed by atoms with Gasteiger partial charge in [0.1, 0.15) is 0 Å². The van der Waals surface area contributed by atoms with E-state index < -0.39 is 0 Å². The van der Waals surface area contributed by atoms with Crippen molar-refractivity contribution in [2.24, 2.45) is 7.05 Å². The summed E-state index contributed by atoms with van der Waals surface area (Å²) in [4.78, 5) is 0. The number of aryl methyl sites for hydroxylation is 1. The molecule has 0 unspecified atom stereocenters. The first-order valence-electron chi connectivity index (χ1n) is 7.38. The Hall–Kier alpha value is -2.01. The number of nitrogens with zero attached hydrogens (tertiary/aromatic N) is 2. The first-order valence-corrected chi connectivity index (χ1v) is 7.38. The van der Waals surface area contributed by atoms with Crippen molar-refractivity contribution in [3.63, 3.8) is 0 Å². The van der Waals surface area contributed by atoms with Crippen molar-refractivity contribution in [2.75, 3.05) is 19.8 Å². The Morgan fingerprint density at radius 3 is 3.05 bits per heavy atom. The first kappa shape index (κ1) is 13.9. The third-order valence-electron chi connectivity index (χ3n) is 3.52. The van der Waals surface area contributed by atoms with Crippen molar-refractivity contribution < 1.29 is 9.47 Å². The Morgan fingerprint density at radius 2 is 2.19 bits per heavy atom. The zero-order valence-electron chi connectivity index (χ0n) is 12.3. The molecule has 2 heterocycles. The minimum Gasteiger partial charge on any atom is -0.490 e. The van der Waals surface area contributed by atoms with E-state index in [1.807, 2.05) is 36.3 Å². The van der Waals surface area contributed by atoms with Gasteiger partial charge in [-0.05, 0) is 24.6 Å². The molecule has 21 heavy (non-hydrogen) atoms. The normalized spacial score (nSPS) is 14.0. The lowest BCUT2D eigenvalue weighted by Crippen LogP contribution is -2.17. The van der Waals surface area contributed by atoms with E-state index in [2.05, 4.69) is 16.5 Å². The quantitative estimate of drug-likeness (QED) is 0.854. The Kier molecular flexibility index (Phi) is 4.40. The van der Waals surface area contributed by atoms with E-state index in [1.54, 1.807) is 0 Å². The standard InChI is InChI=1S/C16H21N3O2/c1-19-12-13(10-18-19)6-7-17-11-14-4-2-5-15-16(14)21-9-3-8-20-15/h2,4-5,10,12,17H,3,6-9,11H2,1H3. The molecular formula is C16H21N3O2. The summed E-state index contributed by atoms with van der Waals surface area (Å²) in [7, 11) is 1.94. The van der Waals surface area contributed by atoms with Gasteiger partial charge in [-0.3, -0.25) is 4.68 Å². The highest BCUT2D eigenvalue weighted by atomic mass is 16.5. The number of hydrogen-bond donors (Lipinski definition) is 1. The highest BCUT2D eigenvalue weighted by molar-refractivity contribution is 5.47. The monoisotopic (exact) mass is 287 g/mol. The average molecular weight is 287 g/mol. The second-order valence-electron chi connectivity index (χ2n) is 5.24. The van der Waals surface area contributed by atoms with Gasteiger partial charge >= 0.3 is 0 Å². The molecule has 1 aliphatic rings. The fourth-order valence-corrected chi connectivity index (χ4v) is 2.45. The fraction of sp³-hybridized carbons (Fsp3) is 0.438. The lowest BCUT2D eigenvalue weighted by atomic mass is 10.1. The Morgan fingerprint density at radius 1 is 1.29 bits per heavy atom. The van der Waals surface area contributed by atoms with Crippen LogP contribution < -0.4 is 14.8 Å². The summed E-state index contributed by atoms with van der Waals surface area (Å²) in [6.07, 6.45) is 5.86. The third-order valence-corrected chi connectivity index (χ3v) is 3.52. The number of para-hydroxylation sites is 1. The molecular weight excluding hydrogens is 266 g/mol. The van der Waals surface area contributed by atoms with E-state index in [0.29, 0.717) is 0 Å². The predicted octanol–water partition coefficient (Wildman–Crippen LogP) is 1.91. The molecule has 0 saturated heterocycles. The molecule has 0 saturated carbocycles. The van der Waals surface area contributed by atoms with E-state index in [4.69, 9.17) is 9.47 Å². The minimum absolute atomic E-state index is 0.722. The summed E-state index contributed by atoms with van der Waals surface area (Å²) in [5.41, 5.74) is 2.40. The van der Waals surface area contributed by atoms with Gasteiger partial charge in [0.25, 0.3) is 0 Å². The molecule has 0 radical (unpaired) electrons. The Balaban J connectivity index is 1.55. The molecule has 0 fully saturated rings. The number of nitrogens with one attached hydrogen (secondary N) is 1. The van der Waals surface area contributed by atoms with Crippen LogP contribution in [-0.4, -0.2) is 29.5 Å². The number of aromatic nitrogens is 2.